The first kappa shape index (κ1) is 24.9. The van der Waals surface area contributed by atoms with Gasteiger partial charge in [0.05, 0.1) is 17.7 Å². The van der Waals surface area contributed by atoms with E-state index >= 15 is 0 Å². The standard InChI is InChI=1S/C24H28N4O6/c1-14(2)21(19-10-20(27-34-19)33-9-8-29)22(31)28-13-18(30)11-24(28,23(26)32)15(3)17-6-4-16(12-25)5-7-17/h4-8,10,14-15,18,21,30H,9,11,13H2,1-3H3,(H2,26,32)/t15-,18?,21+,24?/m0/s1. The molecule has 1 aliphatic heterocycles. The first-order chi connectivity index (χ1) is 16.1. The molecule has 0 radical (unpaired) electrons. The average molecular weight is 469 g/mol. The number of benzene rings is 1. The Morgan fingerprint density at radius 3 is 2.62 bits per heavy atom. The van der Waals surface area contributed by atoms with Crippen molar-refractivity contribution in [3.8, 4) is 11.9 Å². The largest absolute Gasteiger partial charge is 0.468 e. The van der Waals surface area contributed by atoms with Crippen molar-refractivity contribution in [1.82, 2.24) is 10.1 Å². The second-order valence-corrected chi connectivity index (χ2v) is 8.82. The van der Waals surface area contributed by atoms with Crippen LogP contribution in [-0.4, -0.2) is 58.1 Å². The van der Waals surface area contributed by atoms with Gasteiger partial charge in [0.1, 0.15) is 18.1 Å². The number of nitrogens with zero attached hydrogens (tertiary/aromatic N) is 3. The topological polar surface area (TPSA) is 160 Å². The minimum atomic E-state index is -1.49. The van der Waals surface area contributed by atoms with Crippen molar-refractivity contribution in [2.45, 2.75) is 50.7 Å². The molecule has 10 nitrogen and oxygen atoms in total. The number of β-amino-alcohol motifs (C(OH)–C–C–N with tert-alkyl or cyclic N) is 1. The highest BCUT2D eigenvalue weighted by molar-refractivity contribution is 5.94. The normalized spacial score (nSPS) is 21.6. The quantitative estimate of drug-likeness (QED) is 0.523. The molecule has 10 heteroatoms. The maximum Gasteiger partial charge on any atom is 0.254 e. The molecule has 34 heavy (non-hydrogen) atoms. The molecule has 2 amide bonds. The number of aromatic nitrogens is 1. The fourth-order valence-electron chi connectivity index (χ4n) is 4.68. The van der Waals surface area contributed by atoms with Crippen molar-refractivity contribution in [2.75, 3.05) is 13.2 Å². The number of likely N-dealkylation sites (tertiary alicyclic amines) is 1. The van der Waals surface area contributed by atoms with Crippen LogP contribution in [0.3, 0.4) is 0 Å². The number of hydrogen-bond donors (Lipinski definition) is 2. The monoisotopic (exact) mass is 468 g/mol. The second kappa shape index (κ2) is 10.1. The molecule has 3 rings (SSSR count). The molecule has 2 heterocycles. The van der Waals surface area contributed by atoms with E-state index in [0.29, 0.717) is 17.4 Å². The van der Waals surface area contributed by atoms with Crippen LogP contribution >= 0.6 is 0 Å². The Balaban J connectivity index is 2.02. The van der Waals surface area contributed by atoms with Crippen molar-refractivity contribution in [2.24, 2.45) is 11.7 Å². The molecule has 1 aromatic heterocycles. The van der Waals surface area contributed by atoms with E-state index in [2.05, 4.69) is 5.16 Å². The van der Waals surface area contributed by atoms with Gasteiger partial charge in [-0.3, -0.25) is 14.4 Å². The highest BCUT2D eigenvalue weighted by Gasteiger charge is 2.57. The number of ether oxygens (including phenoxy) is 1. The fraction of sp³-hybridized carbons (Fsp3) is 0.458. The lowest BCUT2D eigenvalue weighted by Crippen LogP contribution is -2.60. The van der Waals surface area contributed by atoms with Gasteiger partial charge < -0.3 is 25.0 Å². The Hall–Kier alpha value is -3.71. The molecule has 1 aliphatic rings. The summed E-state index contributed by atoms with van der Waals surface area (Å²) in [6, 6.07) is 10.2. The summed E-state index contributed by atoms with van der Waals surface area (Å²) in [7, 11) is 0. The van der Waals surface area contributed by atoms with Gasteiger partial charge in [-0.15, -0.1) is 0 Å². The molecular formula is C24H28N4O6. The van der Waals surface area contributed by atoms with Crippen molar-refractivity contribution < 1.29 is 28.8 Å². The summed E-state index contributed by atoms with van der Waals surface area (Å²) in [6.45, 7) is 5.12. The number of aliphatic hydroxyl groups excluding tert-OH is 1. The van der Waals surface area contributed by atoms with E-state index < -0.39 is 35.3 Å². The fourth-order valence-corrected chi connectivity index (χ4v) is 4.68. The lowest BCUT2D eigenvalue weighted by molar-refractivity contribution is -0.147. The number of nitriles is 1. The number of hydrogen-bond acceptors (Lipinski definition) is 8. The maximum absolute atomic E-state index is 13.9. The smallest absolute Gasteiger partial charge is 0.254 e. The summed E-state index contributed by atoms with van der Waals surface area (Å²) < 4.78 is 10.5. The van der Waals surface area contributed by atoms with Crippen LogP contribution in [-0.2, 0) is 14.4 Å². The first-order valence-electron chi connectivity index (χ1n) is 11.0. The molecule has 1 aromatic carbocycles. The zero-order valence-electron chi connectivity index (χ0n) is 19.3. The average Bonchev–Trinajstić information content (AvgIpc) is 3.42. The Morgan fingerprint density at radius 2 is 2.06 bits per heavy atom. The number of primary amides is 1. The summed E-state index contributed by atoms with van der Waals surface area (Å²) in [5.41, 5.74) is 5.58. The van der Waals surface area contributed by atoms with E-state index in [-0.39, 0.29) is 37.1 Å². The van der Waals surface area contributed by atoms with Gasteiger partial charge in [0, 0.05) is 24.9 Å². The summed E-state index contributed by atoms with van der Waals surface area (Å²) in [5, 5.41) is 23.4. The SMILES string of the molecule is CC(C)[C@@H](C(=O)N1CC(O)CC1(C(N)=O)[C@@H](C)c1ccc(C#N)cc1)c1cc(OCC=O)no1. The molecule has 0 saturated carbocycles. The molecule has 2 unspecified atom stereocenters. The maximum atomic E-state index is 13.9. The van der Waals surface area contributed by atoms with E-state index in [0.717, 1.165) is 0 Å². The molecule has 0 aliphatic carbocycles. The van der Waals surface area contributed by atoms with Crippen LogP contribution in [0.1, 0.15) is 55.9 Å². The zero-order valence-corrected chi connectivity index (χ0v) is 19.3. The van der Waals surface area contributed by atoms with Crippen molar-refractivity contribution in [3.63, 3.8) is 0 Å². The number of aliphatic hydroxyl groups is 1. The molecule has 180 valence electrons. The van der Waals surface area contributed by atoms with Crippen LogP contribution in [0.25, 0.3) is 0 Å². The molecule has 1 fully saturated rings. The van der Waals surface area contributed by atoms with Crippen LogP contribution in [0, 0.1) is 17.2 Å². The number of aldehydes is 1. The third-order valence-corrected chi connectivity index (χ3v) is 6.42. The number of nitrogens with two attached hydrogens (primary N) is 1. The molecule has 1 saturated heterocycles. The van der Waals surface area contributed by atoms with Gasteiger partial charge in [-0.05, 0) is 28.8 Å². The minimum Gasteiger partial charge on any atom is -0.468 e. The van der Waals surface area contributed by atoms with Crippen molar-refractivity contribution in [1.29, 1.82) is 5.26 Å². The molecule has 2 aromatic rings. The molecule has 0 bridgehead atoms. The van der Waals surface area contributed by atoms with Gasteiger partial charge in [0.15, 0.2) is 12.0 Å². The number of carbonyl (C=O) groups excluding carboxylic acids is 3. The predicted octanol–water partition coefficient (Wildman–Crippen LogP) is 1.48. The van der Waals surface area contributed by atoms with E-state index in [1.165, 1.54) is 11.0 Å². The summed E-state index contributed by atoms with van der Waals surface area (Å²) in [5.74, 6) is -2.55. The molecule has 3 N–H and O–H groups in total. The number of rotatable bonds is 9. The van der Waals surface area contributed by atoms with E-state index in [9.17, 15) is 19.5 Å². The highest BCUT2D eigenvalue weighted by atomic mass is 16.5. The first-order valence-corrected chi connectivity index (χ1v) is 11.0. The predicted molar refractivity (Wildman–Crippen MR) is 119 cm³/mol. The Morgan fingerprint density at radius 1 is 1.38 bits per heavy atom. The lowest BCUT2D eigenvalue weighted by atomic mass is 9.76. The third-order valence-electron chi connectivity index (χ3n) is 6.42. The summed E-state index contributed by atoms with van der Waals surface area (Å²) >= 11 is 0. The highest BCUT2D eigenvalue weighted by Crippen LogP contribution is 2.44. The van der Waals surface area contributed by atoms with E-state index in [4.69, 9.17) is 20.3 Å². The summed E-state index contributed by atoms with van der Waals surface area (Å²) in [6.07, 6.45) is -0.410. The number of amides is 2. The van der Waals surface area contributed by atoms with Crippen LogP contribution in [0.2, 0.25) is 0 Å². The third kappa shape index (κ3) is 4.52. The Labute approximate surface area is 197 Å². The van der Waals surface area contributed by atoms with Gasteiger partial charge in [0.25, 0.3) is 5.88 Å². The van der Waals surface area contributed by atoms with Crippen LogP contribution in [0.4, 0.5) is 0 Å². The van der Waals surface area contributed by atoms with E-state index in [1.54, 1.807) is 31.2 Å². The Kier molecular flexibility index (Phi) is 7.37. The van der Waals surface area contributed by atoms with Gasteiger partial charge in [-0.1, -0.05) is 32.9 Å². The molecule has 4 atom stereocenters. The Bertz CT molecular complexity index is 1090. The van der Waals surface area contributed by atoms with Gasteiger partial charge in [0.2, 0.25) is 11.8 Å². The van der Waals surface area contributed by atoms with Crippen LogP contribution < -0.4 is 10.5 Å². The second-order valence-electron chi connectivity index (χ2n) is 8.82. The van der Waals surface area contributed by atoms with Gasteiger partial charge in [-0.25, -0.2) is 0 Å². The van der Waals surface area contributed by atoms with Gasteiger partial charge >= 0.3 is 0 Å². The zero-order chi connectivity index (χ0) is 25.0. The minimum absolute atomic E-state index is 0.0237. The lowest BCUT2D eigenvalue weighted by Gasteiger charge is -2.42. The van der Waals surface area contributed by atoms with Crippen LogP contribution in [0.15, 0.2) is 34.9 Å². The number of carbonyl (C=O) groups is 3. The van der Waals surface area contributed by atoms with Gasteiger partial charge in [-0.2, -0.15) is 5.26 Å². The molecule has 0 spiro atoms. The van der Waals surface area contributed by atoms with E-state index in [1.807, 2.05) is 19.9 Å². The van der Waals surface area contributed by atoms with Crippen molar-refractivity contribution in [3.05, 3.63) is 47.2 Å². The van der Waals surface area contributed by atoms with Crippen molar-refractivity contribution >= 4 is 18.1 Å². The summed E-state index contributed by atoms with van der Waals surface area (Å²) in [4.78, 5) is 38.8. The van der Waals surface area contributed by atoms with Crippen LogP contribution in [0.5, 0.6) is 5.88 Å². The molecular weight excluding hydrogens is 440 g/mol.